The van der Waals surface area contributed by atoms with Gasteiger partial charge >= 0.3 is 12.4 Å². The van der Waals surface area contributed by atoms with Gasteiger partial charge in [0.15, 0.2) is 0 Å². The van der Waals surface area contributed by atoms with E-state index in [1.54, 1.807) is 12.1 Å². The number of hydrogen-bond donors (Lipinski definition) is 0. The summed E-state index contributed by atoms with van der Waals surface area (Å²) in [5, 5.41) is 7.82. The van der Waals surface area contributed by atoms with Crippen LogP contribution >= 0.6 is 0 Å². The first kappa shape index (κ1) is 20.8. The van der Waals surface area contributed by atoms with Crippen LogP contribution in [0.2, 0.25) is 0 Å². The fourth-order valence-corrected chi connectivity index (χ4v) is 4.87. The van der Waals surface area contributed by atoms with Gasteiger partial charge in [0.2, 0.25) is 0 Å². The fourth-order valence-electron chi connectivity index (χ4n) is 4.87. The molecular formula is C28H14F6. The Hall–Kier alpha value is -3.80. The lowest BCUT2D eigenvalue weighted by Crippen LogP contribution is -2.04. The van der Waals surface area contributed by atoms with Gasteiger partial charge in [-0.1, -0.05) is 60.7 Å². The molecular weight excluding hydrogens is 450 g/mol. The van der Waals surface area contributed by atoms with E-state index in [9.17, 15) is 26.3 Å². The molecule has 0 unspecified atom stereocenters. The van der Waals surface area contributed by atoms with E-state index in [0.717, 1.165) is 67.4 Å². The largest absolute Gasteiger partial charge is 0.416 e. The van der Waals surface area contributed by atoms with Gasteiger partial charge in [0.25, 0.3) is 0 Å². The van der Waals surface area contributed by atoms with Crippen molar-refractivity contribution >= 4 is 53.9 Å². The maximum atomic E-state index is 13.1. The summed E-state index contributed by atoms with van der Waals surface area (Å²) >= 11 is 0. The van der Waals surface area contributed by atoms with Crippen LogP contribution in [0.4, 0.5) is 26.3 Å². The highest BCUT2D eigenvalue weighted by molar-refractivity contribution is 6.25. The normalized spacial score (nSPS) is 13.0. The molecule has 0 bridgehead atoms. The number of hydrogen-bond acceptors (Lipinski definition) is 0. The van der Waals surface area contributed by atoms with Gasteiger partial charge in [0, 0.05) is 0 Å². The van der Waals surface area contributed by atoms with Gasteiger partial charge in [-0.15, -0.1) is 0 Å². The molecule has 6 aromatic rings. The molecule has 6 rings (SSSR count). The summed E-state index contributed by atoms with van der Waals surface area (Å²) in [7, 11) is 0. The van der Waals surface area contributed by atoms with Gasteiger partial charge in [-0.2, -0.15) is 26.3 Å². The van der Waals surface area contributed by atoms with Crippen LogP contribution in [0.25, 0.3) is 53.9 Å². The van der Waals surface area contributed by atoms with Crippen LogP contribution in [0.1, 0.15) is 11.1 Å². The molecule has 0 aliphatic heterocycles. The molecule has 0 N–H and O–H groups in total. The molecule has 6 aromatic carbocycles. The zero-order valence-electron chi connectivity index (χ0n) is 17.4. The second kappa shape index (κ2) is 6.86. The first-order valence-electron chi connectivity index (χ1n) is 10.5. The summed E-state index contributed by atoms with van der Waals surface area (Å²) in [5.74, 6) is 0. The van der Waals surface area contributed by atoms with Crippen molar-refractivity contribution in [2.75, 3.05) is 0 Å². The predicted octanol–water partition coefficient (Wildman–Crippen LogP) is 9.49. The molecule has 0 nitrogen and oxygen atoms in total. The van der Waals surface area contributed by atoms with E-state index in [4.69, 9.17) is 0 Å². The van der Waals surface area contributed by atoms with E-state index < -0.39 is 23.5 Å². The van der Waals surface area contributed by atoms with Crippen molar-refractivity contribution in [3.63, 3.8) is 0 Å². The topological polar surface area (TPSA) is 0 Å². The van der Waals surface area contributed by atoms with Gasteiger partial charge < -0.3 is 0 Å². The van der Waals surface area contributed by atoms with Gasteiger partial charge in [0.1, 0.15) is 0 Å². The molecule has 0 saturated heterocycles. The molecule has 0 spiro atoms. The van der Waals surface area contributed by atoms with Crippen LogP contribution < -0.4 is 0 Å². The van der Waals surface area contributed by atoms with E-state index in [1.165, 1.54) is 12.1 Å². The van der Waals surface area contributed by atoms with Crippen molar-refractivity contribution < 1.29 is 26.3 Å². The van der Waals surface area contributed by atoms with Crippen LogP contribution in [0.15, 0.2) is 84.9 Å². The van der Waals surface area contributed by atoms with E-state index in [0.29, 0.717) is 10.8 Å². The number of benzene rings is 6. The summed E-state index contributed by atoms with van der Waals surface area (Å²) < 4.78 is 78.7. The van der Waals surface area contributed by atoms with Crippen molar-refractivity contribution in [1.82, 2.24) is 0 Å². The summed E-state index contributed by atoms with van der Waals surface area (Å²) in [6.07, 6.45) is -8.82. The highest BCUT2D eigenvalue weighted by Crippen LogP contribution is 2.39. The maximum absolute atomic E-state index is 13.1. The van der Waals surface area contributed by atoms with Crippen molar-refractivity contribution in [2.45, 2.75) is 12.4 Å². The lowest BCUT2D eigenvalue weighted by atomic mass is 9.92. The highest BCUT2D eigenvalue weighted by atomic mass is 19.4. The zero-order chi connectivity index (χ0) is 23.8. The Kier molecular flexibility index (Phi) is 4.19. The number of rotatable bonds is 0. The summed E-state index contributed by atoms with van der Waals surface area (Å²) in [5.41, 5.74) is -1.38. The minimum Gasteiger partial charge on any atom is -0.166 e. The lowest BCUT2D eigenvalue weighted by molar-refractivity contribution is -0.138. The van der Waals surface area contributed by atoms with E-state index in [2.05, 4.69) is 0 Å². The van der Waals surface area contributed by atoms with Crippen molar-refractivity contribution in [3.05, 3.63) is 96.1 Å². The van der Waals surface area contributed by atoms with E-state index in [1.807, 2.05) is 36.4 Å². The van der Waals surface area contributed by atoms with Crippen LogP contribution in [0.3, 0.4) is 0 Å². The first-order chi connectivity index (χ1) is 16.1. The summed E-state index contributed by atoms with van der Waals surface area (Å²) in [6.45, 7) is 0. The molecule has 0 aliphatic carbocycles. The predicted molar refractivity (Wildman–Crippen MR) is 124 cm³/mol. The number of halogens is 6. The van der Waals surface area contributed by atoms with Crippen molar-refractivity contribution in [1.29, 1.82) is 0 Å². The van der Waals surface area contributed by atoms with Crippen LogP contribution in [-0.2, 0) is 12.4 Å². The third-order valence-electron chi connectivity index (χ3n) is 6.48. The van der Waals surface area contributed by atoms with Gasteiger partial charge in [-0.25, -0.2) is 0 Å². The van der Waals surface area contributed by atoms with Crippen molar-refractivity contribution in [3.8, 4) is 0 Å². The number of fused-ring (bicyclic) bond motifs is 9. The monoisotopic (exact) mass is 464 g/mol. The summed E-state index contributed by atoms with van der Waals surface area (Å²) in [4.78, 5) is 0. The third-order valence-corrected chi connectivity index (χ3v) is 6.48. The average Bonchev–Trinajstić information content (AvgIpc) is 2.81. The standard InChI is InChI=1S/C28H14F6/c29-27(30,31)17-3-7-19-15(13-17)1-5-23-21(19)9-12-26-24-6-2-16-14-18(28(32,33)34)4-8-20(16)22(24)10-11-25(23)26/h1-14H. The SMILES string of the molecule is FC(F)(F)c1ccc2c(ccc3c2ccc2c4ccc5cc(C(F)(F)F)ccc5c4ccc32)c1. The molecule has 0 saturated carbocycles. The minimum absolute atomic E-state index is 0.508. The molecule has 0 amide bonds. The molecule has 0 atom stereocenters. The quantitative estimate of drug-likeness (QED) is 0.155. The minimum atomic E-state index is -4.41. The Morgan fingerprint density at radius 2 is 0.588 bits per heavy atom. The second-order valence-corrected chi connectivity index (χ2v) is 8.41. The smallest absolute Gasteiger partial charge is 0.166 e. The Morgan fingerprint density at radius 1 is 0.324 bits per heavy atom. The lowest BCUT2D eigenvalue weighted by Gasteiger charge is -2.13. The molecule has 0 aliphatic rings. The molecule has 168 valence electrons. The molecule has 6 heteroatoms. The highest BCUT2D eigenvalue weighted by Gasteiger charge is 2.31. The van der Waals surface area contributed by atoms with E-state index in [-0.39, 0.29) is 0 Å². The van der Waals surface area contributed by atoms with Gasteiger partial charge in [-0.3, -0.25) is 0 Å². The Morgan fingerprint density at radius 3 is 0.912 bits per heavy atom. The molecule has 0 aromatic heterocycles. The Bertz CT molecular complexity index is 1640. The van der Waals surface area contributed by atoms with Crippen LogP contribution in [-0.4, -0.2) is 0 Å². The Labute approximate surface area is 189 Å². The molecule has 0 fully saturated rings. The fraction of sp³-hybridized carbons (Fsp3) is 0.0714. The maximum Gasteiger partial charge on any atom is 0.416 e. The molecule has 0 radical (unpaired) electrons. The Balaban J connectivity index is 1.61. The van der Waals surface area contributed by atoms with Crippen LogP contribution in [0, 0.1) is 0 Å². The number of alkyl halides is 6. The zero-order valence-corrected chi connectivity index (χ0v) is 17.4. The van der Waals surface area contributed by atoms with Crippen LogP contribution in [0.5, 0.6) is 0 Å². The third kappa shape index (κ3) is 3.09. The average molecular weight is 464 g/mol. The summed E-state index contributed by atoms with van der Waals surface area (Å²) in [6, 6.07) is 22.1. The first-order valence-corrected chi connectivity index (χ1v) is 10.5. The van der Waals surface area contributed by atoms with Crippen molar-refractivity contribution in [2.24, 2.45) is 0 Å². The van der Waals surface area contributed by atoms with E-state index >= 15 is 0 Å². The second-order valence-electron chi connectivity index (χ2n) is 8.41. The molecule has 0 heterocycles. The molecule has 34 heavy (non-hydrogen) atoms. The van der Waals surface area contributed by atoms with Gasteiger partial charge in [-0.05, 0) is 78.1 Å². The van der Waals surface area contributed by atoms with Gasteiger partial charge in [0.05, 0.1) is 11.1 Å².